The van der Waals surface area contributed by atoms with Gasteiger partial charge in [-0.25, -0.2) is 4.79 Å². The molecule has 0 bridgehead atoms. The molecule has 2 aromatic carbocycles. The van der Waals surface area contributed by atoms with E-state index in [2.05, 4.69) is 4.74 Å². The van der Waals surface area contributed by atoms with E-state index >= 15 is 0 Å². The molecule has 8 heteroatoms. The molecule has 116 valence electrons. The van der Waals surface area contributed by atoms with Gasteiger partial charge in [-0.3, -0.25) is 10.1 Å². The molecule has 0 unspecified atom stereocenters. The maximum absolute atomic E-state index is 11.5. The number of halogens is 1. The largest absolute Gasteiger partial charge is 0.465 e. The number of hydrogen-bond acceptors (Lipinski definition) is 6. The lowest BCUT2D eigenvalue weighted by atomic mass is 10.2. The molecule has 0 aliphatic heterocycles. The minimum absolute atomic E-state index is 0.0788. The van der Waals surface area contributed by atoms with Crippen LogP contribution in [0, 0.1) is 21.4 Å². The summed E-state index contributed by atoms with van der Waals surface area (Å²) in [5.74, 6) is -0.662. The molecule has 0 radical (unpaired) electrons. The molecular weight excluding hydrogens is 340 g/mol. The van der Waals surface area contributed by atoms with Crippen LogP contribution in [0.2, 0.25) is 5.02 Å². The van der Waals surface area contributed by atoms with Gasteiger partial charge in [0.25, 0.3) is 5.69 Å². The van der Waals surface area contributed by atoms with Gasteiger partial charge in [0.15, 0.2) is 0 Å². The highest BCUT2D eigenvalue weighted by atomic mass is 35.5. The number of carbonyl (C=O) groups is 1. The van der Waals surface area contributed by atoms with Gasteiger partial charge in [0.1, 0.15) is 6.07 Å². The highest BCUT2D eigenvalue weighted by Crippen LogP contribution is 2.38. The average Bonchev–Trinajstić information content (AvgIpc) is 2.54. The molecule has 0 N–H and O–H groups in total. The van der Waals surface area contributed by atoms with Crippen molar-refractivity contribution in [3.8, 4) is 6.07 Å². The van der Waals surface area contributed by atoms with Gasteiger partial charge in [0, 0.05) is 16.0 Å². The van der Waals surface area contributed by atoms with Gasteiger partial charge in [-0.2, -0.15) is 5.26 Å². The number of nitrogens with zero attached hydrogens (tertiary/aromatic N) is 2. The fourth-order valence-electron chi connectivity index (χ4n) is 1.78. The Hall–Kier alpha value is -2.56. The lowest BCUT2D eigenvalue weighted by Gasteiger charge is -2.07. The first-order valence-electron chi connectivity index (χ1n) is 6.20. The second-order valence-corrected chi connectivity index (χ2v) is 5.81. The SMILES string of the molecule is COC(=O)c1ccc(Sc2cc(Cl)ccc2C#N)c([N+](=O)[O-])c1. The van der Waals surface area contributed by atoms with Crippen molar-refractivity contribution >= 4 is 35.0 Å². The standard InChI is InChI=1S/C15H9ClN2O4S/c1-22-15(19)9-3-5-13(12(6-9)18(20)21)23-14-7-11(16)4-2-10(14)8-17/h2-7H,1H3. The van der Waals surface area contributed by atoms with E-state index in [1.807, 2.05) is 6.07 Å². The molecule has 0 atom stereocenters. The molecule has 0 heterocycles. The van der Waals surface area contributed by atoms with E-state index in [9.17, 15) is 14.9 Å². The van der Waals surface area contributed by atoms with Crippen LogP contribution >= 0.6 is 23.4 Å². The minimum atomic E-state index is -0.662. The number of ether oxygens (including phenoxy) is 1. The van der Waals surface area contributed by atoms with Gasteiger partial charge >= 0.3 is 5.97 Å². The minimum Gasteiger partial charge on any atom is -0.465 e. The molecule has 0 spiro atoms. The molecule has 0 fully saturated rings. The normalized spacial score (nSPS) is 9.96. The van der Waals surface area contributed by atoms with E-state index in [1.54, 1.807) is 18.2 Å². The van der Waals surface area contributed by atoms with Crippen molar-refractivity contribution in [2.45, 2.75) is 9.79 Å². The molecule has 23 heavy (non-hydrogen) atoms. The van der Waals surface area contributed by atoms with Crippen LogP contribution in [0.15, 0.2) is 46.2 Å². The van der Waals surface area contributed by atoms with Crippen molar-refractivity contribution in [1.29, 1.82) is 5.26 Å². The molecule has 0 amide bonds. The number of rotatable bonds is 4. The van der Waals surface area contributed by atoms with E-state index in [-0.39, 0.29) is 11.3 Å². The Morgan fingerprint density at radius 2 is 2.04 bits per heavy atom. The van der Waals surface area contributed by atoms with Crippen molar-refractivity contribution in [1.82, 2.24) is 0 Å². The van der Waals surface area contributed by atoms with Crippen LogP contribution in [0.5, 0.6) is 0 Å². The van der Waals surface area contributed by atoms with Gasteiger partial charge in [-0.1, -0.05) is 23.4 Å². The van der Waals surface area contributed by atoms with Crippen LogP contribution in [0.1, 0.15) is 15.9 Å². The monoisotopic (exact) mass is 348 g/mol. The second-order valence-electron chi connectivity index (χ2n) is 4.29. The summed E-state index contributed by atoms with van der Waals surface area (Å²) in [6, 6.07) is 10.7. The number of methoxy groups -OCH3 is 1. The Balaban J connectivity index is 2.48. The molecular formula is C15H9ClN2O4S. The van der Waals surface area contributed by atoms with E-state index < -0.39 is 10.9 Å². The number of benzene rings is 2. The molecule has 0 aliphatic carbocycles. The first kappa shape index (κ1) is 16.8. The summed E-state index contributed by atoms with van der Waals surface area (Å²) in [4.78, 5) is 22.9. The van der Waals surface area contributed by atoms with Gasteiger partial charge in [0.05, 0.1) is 28.1 Å². The van der Waals surface area contributed by atoms with Crippen molar-refractivity contribution < 1.29 is 14.5 Å². The number of nitro groups is 1. The van der Waals surface area contributed by atoms with Gasteiger partial charge in [-0.15, -0.1) is 0 Å². The highest BCUT2D eigenvalue weighted by Gasteiger charge is 2.20. The second kappa shape index (κ2) is 7.13. The van der Waals surface area contributed by atoms with Crippen molar-refractivity contribution in [2.75, 3.05) is 7.11 Å². The van der Waals surface area contributed by atoms with Crippen LogP contribution in [-0.2, 0) is 4.74 Å². The first-order chi connectivity index (χ1) is 11.0. The summed E-state index contributed by atoms with van der Waals surface area (Å²) >= 11 is 6.95. The van der Waals surface area contributed by atoms with E-state index in [0.29, 0.717) is 20.4 Å². The van der Waals surface area contributed by atoms with Gasteiger partial charge in [0.2, 0.25) is 0 Å². The number of hydrogen-bond donors (Lipinski definition) is 0. The average molecular weight is 349 g/mol. The van der Waals surface area contributed by atoms with Gasteiger partial charge < -0.3 is 4.74 Å². The van der Waals surface area contributed by atoms with Crippen LogP contribution in [-0.4, -0.2) is 18.0 Å². The van der Waals surface area contributed by atoms with Gasteiger partial charge in [-0.05, 0) is 30.3 Å². The zero-order valence-electron chi connectivity index (χ0n) is 11.8. The summed E-state index contributed by atoms with van der Waals surface area (Å²) in [7, 11) is 1.20. The Morgan fingerprint density at radius 3 is 2.65 bits per heavy atom. The topological polar surface area (TPSA) is 93.2 Å². The van der Waals surface area contributed by atoms with E-state index in [1.165, 1.54) is 19.2 Å². The van der Waals surface area contributed by atoms with Crippen LogP contribution in [0.25, 0.3) is 0 Å². The molecule has 0 saturated heterocycles. The summed E-state index contributed by atoms with van der Waals surface area (Å²) in [6.07, 6.45) is 0. The quantitative estimate of drug-likeness (QED) is 0.470. The Kier molecular flexibility index (Phi) is 5.21. The van der Waals surface area contributed by atoms with Crippen LogP contribution in [0.3, 0.4) is 0 Å². The lowest BCUT2D eigenvalue weighted by Crippen LogP contribution is -2.02. The van der Waals surface area contributed by atoms with E-state index in [4.69, 9.17) is 16.9 Å². The predicted octanol–water partition coefficient (Wildman–Crippen LogP) is 4.06. The Labute approximate surface area is 140 Å². The van der Waals surface area contributed by atoms with E-state index in [0.717, 1.165) is 17.8 Å². The fraction of sp³-hybridized carbons (Fsp3) is 0.0667. The summed E-state index contributed by atoms with van der Waals surface area (Å²) < 4.78 is 4.55. The third-order valence-electron chi connectivity index (χ3n) is 2.86. The number of esters is 1. The van der Waals surface area contributed by atoms with Crippen LogP contribution < -0.4 is 0 Å². The Morgan fingerprint density at radius 1 is 1.30 bits per heavy atom. The zero-order chi connectivity index (χ0) is 17.0. The van der Waals surface area contributed by atoms with Crippen molar-refractivity contribution in [3.05, 3.63) is 62.7 Å². The molecule has 2 rings (SSSR count). The first-order valence-corrected chi connectivity index (χ1v) is 7.40. The summed E-state index contributed by atoms with van der Waals surface area (Å²) in [6.45, 7) is 0. The fourth-order valence-corrected chi connectivity index (χ4v) is 3.04. The molecule has 0 saturated carbocycles. The Bertz CT molecular complexity index is 833. The smallest absolute Gasteiger partial charge is 0.338 e. The highest BCUT2D eigenvalue weighted by molar-refractivity contribution is 7.99. The van der Waals surface area contributed by atoms with Crippen molar-refractivity contribution in [3.63, 3.8) is 0 Å². The number of nitro benzene ring substituents is 1. The predicted molar refractivity (Wildman–Crippen MR) is 84.7 cm³/mol. The molecule has 2 aromatic rings. The lowest BCUT2D eigenvalue weighted by molar-refractivity contribution is -0.387. The summed E-state index contributed by atoms with van der Waals surface area (Å²) in [5, 5.41) is 20.8. The maximum Gasteiger partial charge on any atom is 0.338 e. The zero-order valence-corrected chi connectivity index (χ0v) is 13.4. The van der Waals surface area contributed by atoms with Crippen LogP contribution in [0.4, 0.5) is 5.69 Å². The summed E-state index contributed by atoms with van der Waals surface area (Å²) in [5.41, 5.74) is 0.183. The molecule has 0 aliphatic rings. The third-order valence-corrected chi connectivity index (χ3v) is 4.22. The van der Waals surface area contributed by atoms with Crippen molar-refractivity contribution in [2.24, 2.45) is 0 Å². The molecule has 0 aromatic heterocycles. The molecule has 6 nitrogen and oxygen atoms in total. The third kappa shape index (κ3) is 3.80. The maximum atomic E-state index is 11.5. The number of carbonyl (C=O) groups excluding carboxylic acids is 1. The number of nitriles is 1.